The highest BCUT2D eigenvalue weighted by molar-refractivity contribution is 6.09. The van der Waals surface area contributed by atoms with Crippen LogP contribution < -0.4 is 15.5 Å². The number of rotatable bonds is 8. The van der Waals surface area contributed by atoms with E-state index in [-0.39, 0.29) is 17.7 Å². The molecule has 1 atom stereocenters. The van der Waals surface area contributed by atoms with Gasteiger partial charge in [0.05, 0.1) is 13.2 Å². The lowest BCUT2D eigenvalue weighted by Gasteiger charge is -2.26. The molecular formula is C27H34N4O4. The Hall–Kier alpha value is -3.23. The maximum absolute atomic E-state index is 12.9. The predicted molar refractivity (Wildman–Crippen MR) is 135 cm³/mol. The molecule has 0 aromatic heterocycles. The molecule has 8 heteroatoms. The van der Waals surface area contributed by atoms with Crippen molar-refractivity contribution >= 4 is 29.1 Å². The van der Waals surface area contributed by atoms with E-state index < -0.39 is 5.92 Å². The molecule has 0 radical (unpaired) electrons. The van der Waals surface area contributed by atoms with Gasteiger partial charge < -0.3 is 20.3 Å². The van der Waals surface area contributed by atoms with Crippen molar-refractivity contribution in [2.75, 3.05) is 49.6 Å². The van der Waals surface area contributed by atoms with Crippen LogP contribution in [-0.2, 0) is 25.7 Å². The number of amides is 3. The average Bonchev–Trinajstić information content (AvgIpc) is 3.25. The second kappa shape index (κ2) is 11.5. The molecule has 2 aromatic carbocycles. The molecule has 2 fully saturated rings. The summed E-state index contributed by atoms with van der Waals surface area (Å²) in [6, 6.07) is 13.3. The van der Waals surface area contributed by atoms with Gasteiger partial charge in [0, 0.05) is 50.5 Å². The Labute approximate surface area is 206 Å². The number of nitrogens with zero attached hydrogens (tertiary/aromatic N) is 2. The van der Waals surface area contributed by atoms with Gasteiger partial charge in [0.25, 0.3) is 0 Å². The number of ether oxygens (including phenoxy) is 1. The number of aryl methyl sites for hydroxylation is 2. The van der Waals surface area contributed by atoms with Crippen molar-refractivity contribution in [3.63, 3.8) is 0 Å². The largest absolute Gasteiger partial charge is 0.379 e. The van der Waals surface area contributed by atoms with E-state index >= 15 is 0 Å². The van der Waals surface area contributed by atoms with Crippen LogP contribution in [0.3, 0.4) is 0 Å². The SMILES string of the molecule is Cc1ccc(N2CCC(C(=O)NCc3cccc(NC(=O)CCN4CCOCC4)c3)C2=O)cc1C. The fraction of sp³-hybridized carbons (Fsp3) is 0.444. The van der Waals surface area contributed by atoms with Crippen LogP contribution in [0.15, 0.2) is 42.5 Å². The van der Waals surface area contributed by atoms with Crippen LogP contribution in [0.4, 0.5) is 11.4 Å². The van der Waals surface area contributed by atoms with Crippen molar-refractivity contribution in [2.45, 2.75) is 33.2 Å². The van der Waals surface area contributed by atoms with Crippen LogP contribution in [-0.4, -0.2) is 62.0 Å². The topological polar surface area (TPSA) is 91.0 Å². The summed E-state index contributed by atoms with van der Waals surface area (Å²) in [6.07, 6.45) is 0.915. The van der Waals surface area contributed by atoms with Crippen LogP contribution in [0, 0.1) is 19.8 Å². The zero-order valence-electron chi connectivity index (χ0n) is 20.5. The van der Waals surface area contributed by atoms with Gasteiger partial charge in [-0.05, 0) is 61.2 Å². The normalized spacial score (nSPS) is 18.5. The number of hydrogen-bond acceptors (Lipinski definition) is 5. The Morgan fingerprint density at radius 2 is 1.83 bits per heavy atom. The van der Waals surface area contributed by atoms with Crippen molar-refractivity contribution in [1.82, 2.24) is 10.2 Å². The number of carbonyl (C=O) groups excluding carboxylic acids is 3. The second-order valence-electron chi connectivity index (χ2n) is 9.27. The van der Waals surface area contributed by atoms with Gasteiger partial charge in [-0.3, -0.25) is 19.3 Å². The van der Waals surface area contributed by atoms with E-state index in [1.165, 1.54) is 5.56 Å². The number of nitrogens with one attached hydrogen (secondary N) is 2. The van der Waals surface area contributed by atoms with E-state index in [1.807, 2.05) is 56.3 Å². The minimum atomic E-state index is -0.681. The molecule has 2 aliphatic heterocycles. The van der Waals surface area contributed by atoms with Crippen LogP contribution >= 0.6 is 0 Å². The third-order valence-electron chi connectivity index (χ3n) is 6.76. The van der Waals surface area contributed by atoms with Gasteiger partial charge in [0.1, 0.15) is 5.92 Å². The highest BCUT2D eigenvalue weighted by Crippen LogP contribution is 2.27. The molecule has 1 unspecified atom stereocenters. The fourth-order valence-electron chi connectivity index (χ4n) is 4.45. The van der Waals surface area contributed by atoms with Crippen LogP contribution in [0.5, 0.6) is 0 Å². The van der Waals surface area contributed by atoms with Crippen LogP contribution in [0.1, 0.15) is 29.5 Å². The van der Waals surface area contributed by atoms with Crippen molar-refractivity contribution < 1.29 is 19.1 Å². The Morgan fingerprint density at radius 3 is 2.60 bits per heavy atom. The fourth-order valence-corrected chi connectivity index (χ4v) is 4.45. The molecule has 2 aliphatic rings. The van der Waals surface area contributed by atoms with Gasteiger partial charge in [0.2, 0.25) is 17.7 Å². The highest BCUT2D eigenvalue weighted by Gasteiger charge is 2.37. The van der Waals surface area contributed by atoms with Gasteiger partial charge >= 0.3 is 0 Å². The third kappa shape index (κ3) is 6.46. The van der Waals surface area contributed by atoms with Gasteiger partial charge in [-0.25, -0.2) is 0 Å². The molecule has 0 aliphatic carbocycles. The molecule has 0 bridgehead atoms. The van der Waals surface area contributed by atoms with Gasteiger partial charge in [0.15, 0.2) is 0 Å². The van der Waals surface area contributed by atoms with Gasteiger partial charge in [-0.15, -0.1) is 0 Å². The quantitative estimate of drug-likeness (QED) is 0.570. The molecule has 35 heavy (non-hydrogen) atoms. The number of anilines is 2. The first-order valence-corrected chi connectivity index (χ1v) is 12.3. The molecule has 2 aromatic rings. The first kappa shape index (κ1) is 24.9. The molecule has 4 rings (SSSR count). The lowest BCUT2D eigenvalue weighted by molar-refractivity contribution is -0.132. The zero-order valence-corrected chi connectivity index (χ0v) is 20.5. The Balaban J connectivity index is 1.26. The standard InChI is InChI=1S/C27H34N4O4/c1-19-6-7-23(16-20(19)2)31-11-8-24(27(31)34)26(33)28-18-21-4-3-5-22(17-21)29-25(32)9-10-30-12-14-35-15-13-30/h3-7,16-17,24H,8-15,18H2,1-2H3,(H,28,33)(H,29,32). The van der Waals surface area contributed by atoms with Crippen molar-refractivity contribution in [1.29, 1.82) is 0 Å². The maximum Gasteiger partial charge on any atom is 0.239 e. The summed E-state index contributed by atoms with van der Waals surface area (Å²) in [5, 5.41) is 5.83. The number of hydrogen-bond donors (Lipinski definition) is 2. The van der Waals surface area contributed by atoms with E-state index in [9.17, 15) is 14.4 Å². The van der Waals surface area contributed by atoms with E-state index in [2.05, 4.69) is 15.5 Å². The molecule has 8 nitrogen and oxygen atoms in total. The number of carbonyl (C=O) groups is 3. The minimum absolute atomic E-state index is 0.0411. The molecule has 3 amide bonds. The van der Waals surface area contributed by atoms with Crippen molar-refractivity contribution in [2.24, 2.45) is 5.92 Å². The summed E-state index contributed by atoms with van der Waals surface area (Å²) < 4.78 is 5.33. The maximum atomic E-state index is 12.9. The van der Waals surface area contributed by atoms with Crippen molar-refractivity contribution in [3.8, 4) is 0 Å². The zero-order chi connectivity index (χ0) is 24.8. The summed E-state index contributed by atoms with van der Waals surface area (Å²) in [5.41, 5.74) is 4.69. The number of benzene rings is 2. The van der Waals surface area contributed by atoms with E-state index in [0.29, 0.717) is 51.4 Å². The Morgan fingerprint density at radius 1 is 1.03 bits per heavy atom. The molecule has 186 valence electrons. The summed E-state index contributed by atoms with van der Waals surface area (Å²) in [7, 11) is 0. The van der Waals surface area contributed by atoms with Crippen LogP contribution in [0.2, 0.25) is 0 Å². The monoisotopic (exact) mass is 478 g/mol. The highest BCUT2D eigenvalue weighted by atomic mass is 16.5. The summed E-state index contributed by atoms with van der Waals surface area (Å²) >= 11 is 0. The third-order valence-corrected chi connectivity index (χ3v) is 6.76. The molecule has 2 heterocycles. The molecular weight excluding hydrogens is 444 g/mol. The minimum Gasteiger partial charge on any atom is -0.379 e. The predicted octanol–water partition coefficient (Wildman–Crippen LogP) is 2.63. The Bertz CT molecular complexity index is 1080. The van der Waals surface area contributed by atoms with E-state index in [0.717, 1.165) is 29.9 Å². The lowest BCUT2D eigenvalue weighted by Crippen LogP contribution is -2.38. The molecule has 0 saturated carbocycles. The first-order valence-electron chi connectivity index (χ1n) is 12.3. The van der Waals surface area contributed by atoms with Crippen molar-refractivity contribution in [3.05, 3.63) is 59.2 Å². The molecule has 2 N–H and O–H groups in total. The molecule has 0 spiro atoms. The second-order valence-corrected chi connectivity index (χ2v) is 9.27. The summed E-state index contributed by atoms with van der Waals surface area (Å²) in [4.78, 5) is 42.0. The Kier molecular flexibility index (Phi) is 8.15. The lowest BCUT2D eigenvalue weighted by atomic mass is 10.1. The van der Waals surface area contributed by atoms with Gasteiger partial charge in [-0.1, -0.05) is 18.2 Å². The summed E-state index contributed by atoms with van der Waals surface area (Å²) in [6.45, 7) is 8.73. The van der Waals surface area contributed by atoms with Gasteiger partial charge in [-0.2, -0.15) is 0 Å². The van der Waals surface area contributed by atoms with Crippen LogP contribution in [0.25, 0.3) is 0 Å². The first-order chi connectivity index (χ1) is 16.9. The average molecular weight is 479 g/mol. The number of morpholine rings is 1. The van der Waals surface area contributed by atoms with E-state index in [1.54, 1.807) is 4.90 Å². The smallest absolute Gasteiger partial charge is 0.239 e. The van der Waals surface area contributed by atoms with E-state index in [4.69, 9.17) is 4.74 Å². The molecule has 2 saturated heterocycles. The summed E-state index contributed by atoms with van der Waals surface area (Å²) in [5.74, 6) is -1.14.